The summed E-state index contributed by atoms with van der Waals surface area (Å²) in [6.45, 7) is 2.09. The molecule has 0 aliphatic carbocycles. The Morgan fingerprint density at radius 3 is 2.91 bits per heavy atom. The summed E-state index contributed by atoms with van der Waals surface area (Å²) in [4.78, 5) is 27.3. The zero-order chi connectivity index (χ0) is 15.5. The van der Waals surface area contributed by atoms with Crippen LogP contribution in [0.15, 0.2) is 29.1 Å². The molecule has 1 aliphatic rings. The lowest BCUT2D eigenvalue weighted by Crippen LogP contribution is -2.27. The minimum absolute atomic E-state index is 0.203. The van der Waals surface area contributed by atoms with Crippen LogP contribution in [0, 0.1) is 5.82 Å². The third kappa shape index (κ3) is 3.10. The average Bonchev–Trinajstić information content (AvgIpc) is 2.90. The molecule has 1 saturated heterocycles. The van der Waals surface area contributed by atoms with Crippen molar-refractivity contribution >= 4 is 22.5 Å². The predicted octanol–water partition coefficient (Wildman–Crippen LogP) is 2.09. The molecule has 2 heterocycles. The van der Waals surface area contributed by atoms with Crippen LogP contribution in [0.2, 0.25) is 0 Å². The van der Waals surface area contributed by atoms with Gasteiger partial charge in [-0.2, -0.15) is 0 Å². The highest BCUT2D eigenvalue weighted by Gasteiger charge is 2.18. The molecule has 3 rings (SSSR count). The van der Waals surface area contributed by atoms with Crippen molar-refractivity contribution in [1.29, 1.82) is 0 Å². The number of rotatable bonds is 5. The lowest BCUT2D eigenvalue weighted by Gasteiger charge is -2.16. The largest absolute Gasteiger partial charge is 0.383 e. The molecule has 1 aromatic carbocycles. The Balaban J connectivity index is 1.62. The number of amides is 1. The normalized spacial score (nSPS) is 14.8. The molecule has 1 fully saturated rings. The van der Waals surface area contributed by atoms with Crippen LogP contribution in [0.1, 0.15) is 19.3 Å². The third-order valence-electron chi connectivity index (χ3n) is 3.90. The molecule has 22 heavy (non-hydrogen) atoms. The van der Waals surface area contributed by atoms with Crippen LogP contribution >= 0.6 is 0 Å². The highest BCUT2D eigenvalue weighted by Crippen LogP contribution is 2.20. The van der Waals surface area contributed by atoms with E-state index in [1.807, 2.05) is 4.90 Å². The first-order valence-electron chi connectivity index (χ1n) is 7.48. The molecule has 0 saturated carbocycles. The number of carbonyl (C=O) groups excluding carboxylic acids is 1. The summed E-state index contributed by atoms with van der Waals surface area (Å²) in [5.74, 6) is -0.147. The monoisotopic (exact) mass is 303 g/mol. The number of aromatic amines is 1. The molecule has 0 unspecified atom stereocenters. The van der Waals surface area contributed by atoms with Gasteiger partial charge in [-0.3, -0.25) is 9.59 Å². The maximum Gasteiger partial charge on any atom is 0.248 e. The molecular formula is C16H18FN3O2. The standard InChI is InChI=1S/C16H18FN3O2/c17-12-9-11-4-5-15(21)19-13(11)10-14(12)18-6-2-8-20-7-1-3-16(20)22/h4-5,9-10,18H,1-3,6-8H2,(H,19,21). The Labute approximate surface area is 127 Å². The van der Waals surface area contributed by atoms with Gasteiger partial charge in [0.2, 0.25) is 11.5 Å². The lowest BCUT2D eigenvalue weighted by atomic mass is 10.2. The van der Waals surface area contributed by atoms with E-state index in [1.165, 1.54) is 12.1 Å². The summed E-state index contributed by atoms with van der Waals surface area (Å²) >= 11 is 0. The van der Waals surface area contributed by atoms with Gasteiger partial charge in [-0.15, -0.1) is 0 Å². The Hall–Kier alpha value is -2.37. The summed E-state index contributed by atoms with van der Waals surface area (Å²) in [6.07, 6.45) is 2.33. The van der Waals surface area contributed by atoms with Crippen LogP contribution < -0.4 is 10.9 Å². The van der Waals surface area contributed by atoms with E-state index in [0.717, 1.165) is 19.4 Å². The van der Waals surface area contributed by atoms with Crippen LogP contribution in [0.3, 0.4) is 0 Å². The summed E-state index contributed by atoms with van der Waals surface area (Å²) in [6, 6.07) is 5.98. The first-order chi connectivity index (χ1) is 10.6. The number of likely N-dealkylation sites (tertiary alicyclic amines) is 1. The van der Waals surface area contributed by atoms with Crippen molar-refractivity contribution in [2.75, 3.05) is 25.0 Å². The average molecular weight is 303 g/mol. The van der Waals surface area contributed by atoms with E-state index in [-0.39, 0.29) is 17.3 Å². The molecule has 2 aromatic rings. The SMILES string of the molecule is O=C1CCCN1CCCNc1cc2[nH]c(=O)ccc2cc1F. The van der Waals surface area contributed by atoms with E-state index >= 15 is 0 Å². The maximum atomic E-state index is 14.0. The van der Waals surface area contributed by atoms with Crippen molar-refractivity contribution < 1.29 is 9.18 Å². The number of carbonyl (C=O) groups is 1. The van der Waals surface area contributed by atoms with Gasteiger partial charge in [0.15, 0.2) is 0 Å². The van der Waals surface area contributed by atoms with E-state index in [0.29, 0.717) is 36.1 Å². The minimum atomic E-state index is -0.350. The van der Waals surface area contributed by atoms with Gasteiger partial charge in [0, 0.05) is 37.5 Å². The molecular weight excluding hydrogens is 285 g/mol. The topological polar surface area (TPSA) is 65.2 Å². The number of aromatic nitrogens is 1. The van der Waals surface area contributed by atoms with Gasteiger partial charge in [0.1, 0.15) is 5.82 Å². The zero-order valence-corrected chi connectivity index (χ0v) is 12.2. The summed E-state index contributed by atoms with van der Waals surface area (Å²) in [5, 5.41) is 3.69. The number of benzene rings is 1. The number of anilines is 1. The van der Waals surface area contributed by atoms with Gasteiger partial charge in [0.05, 0.1) is 11.2 Å². The number of pyridine rings is 1. The number of H-pyrrole nitrogens is 1. The smallest absolute Gasteiger partial charge is 0.248 e. The first-order valence-corrected chi connectivity index (χ1v) is 7.48. The van der Waals surface area contributed by atoms with Gasteiger partial charge in [-0.25, -0.2) is 4.39 Å². The first kappa shape index (κ1) is 14.6. The van der Waals surface area contributed by atoms with Crippen LogP contribution in [0.5, 0.6) is 0 Å². The van der Waals surface area contributed by atoms with Crippen LogP contribution in [0.25, 0.3) is 10.9 Å². The van der Waals surface area contributed by atoms with Crippen molar-refractivity contribution in [3.8, 4) is 0 Å². The molecule has 6 heteroatoms. The van der Waals surface area contributed by atoms with E-state index in [9.17, 15) is 14.0 Å². The molecule has 2 N–H and O–H groups in total. The van der Waals surface area contributed by atoms with Crippen molar-refractivity contribution in [3.05, 3.63) is 40.4 Å². The van der Waals surface area contributed by atoms with Crippen LogP contribution in [-0.4, -0.2) is 35.4 Å². The number of fused-ring (bicyclic) bond motifs is 1. The van der Waals surface area contributed by atoms with Crippen molar-refractivity contribution in [3.63, 3.8) is 0 Å². The highest BCUT2D eigenvalue weighted by molar-refractivity contribution is 5.82. The maximum absolute atomic E-state index is 14.0. The Morgan fingerprint density at radius 2 is 2.14 bits per heavy atom. The van der Waals surface area contributed by atoms with Gasteiger partial charge in [0.25, 0.3) is 0 Å². The number of halogens is 1. The van der Waals surface area contributed by atoms with E-state index < -0.39 is 0 Å². The summed E-state index contributed by atoms with van der Waals surface area (Å²) < 4.78 is 14.0. The highest BCUT2D eigenvalue weighted by atomic mass is 19.1. The second kappa shape index (κ2) is 6.17. The van der Waals surface area contributed by atoms with Crippen molar-refractivity contribution in [1.82, 2.24) is 9.88 Å². The second-order valence-electron chi connectivity index (χ2n) is 5.51. The second-order valence-corrected chi connectivity index (χ2v) is 5.51. The summed E-state index contributed by atoms with van der Waals surface area (Å²) in [5.41, 5.74) is 0.755. The molecule has 0 bridgehead atoms. The Morgan fingerprint density at radius 1 is 1.27 bits per heavy atom. The molecule has 1 aliphatic heterocycles. The zero-order valence-electron chi connectivity index (χ0n) is 12.2. The van der Waals surface area contributed by atoms with Gasteiger partial charge >= 0.3 is 0 Å². The van der Waals surface area contributed by atoms with Gasteiger partial charge < -0.3 is 15.2 Å². The lowest BCUT2D eigenvalue weighted by molar-refractivity contribution is -0.127. The molecule has 1 amide bonds. The van der Waals surface area contributed by atoms with Crippen molar-refractivity contribution in [2.45, 2.75) is 19.3 Å². The molecule has 116 valence electrons. The molecule has 1 aromatic heterocycles. The number of hydrogen-bond donors (Lipinski definition) is 2. The number of hydrogen-bond acceptors (Lipinski definition) is 3. The van der Waals surface area contributed by atoms with E-state index in [2.05, 4.69) is 10.3 Å². The summed E-state index contributed by atoms with van der Waals surface area (Å²) in [7, 11) is 0. The molecule has 0 atom stereocenters. The fraction of sp³-hybridized carbons (Fsp3) is 0.375. The number of nitrogens with zero attached hydrogens (tertiary/aromatic N) is 1. The fourth-order valence-corrected chi connectivity index (χ4v) is 2.74. The quantitative estimate of drug-likeness (QED) is 0.831. The Bertz CT molecular complexity index is 757. The number of nitrogens with one attached hydrogen (secondary N) is 2. The third-order valence-corrected chi connectivity index (χ3v) is 3.90. The van der Waals surface area contributed by atoms with Crippen LogP contribution in [-0.2, 0) is 4.79 Å². The van der Waals surface area contributed by atoms with E-state index in [4.69, 9.17) is 0 Å². The van der Waals surface area contributed by atoms with Crippen LogP contribution in [0.4, 0.5) is 10.1 Å². The molecule has 0 spiro atoms. The van der Waals surface area contributed by atoms with E-state index in [1.54, 1.807) is 12.1 Å². The van der Waals surface area contributed by atoms with Gasteiger partial charge in [-0.1, -0.05) is 0 Å². The molecule has 0 radical (unpaired) electrons. The molecule has 5 nitrogen and oxygen atoms in total. The fourth-order valence-electron chi connectivity index (χ4n) is 2.74. The van der Waals surface area contributed by atoms with Crippen molar-refractivity contribution in [2.24, 2.45) is 0 Å². The Kier molecular flexibility index (Phi) is 4.09. The minimum Gasteiger partial charge on any atom is -0.383 e. The predicted molar refractivity (Wildman–Crippen MR) is 83.4 cm³/mol. The van der Waals surface area contributed by atoms with Gasteiger partial charge in [-0.05, 0) is 31.0 Å².